The maximum atomic E-state index is 13.8. The smallest absolute Gasteiger partial charge is 0.309 e. The quantitative estimate of drug-likeness (QED) is 0.599. The number of ketones is 1. The first-order valence-corrected chi connectivity index (χ1v) is 12.7. The summed E-state index contributed by atoms with van der Waals surface area (Å²) in [5.41, 5.74) is 0.544. The van der Waals surface area contributed by atoms with Gasteiger partial charge in [0.2, 0.25) is 0 Å². The van der Waals surface area contributed by atoms with E-state index in [1.54, 1.807) is 0 Å². The van der Waals surface area contributed by atoms with Crippen molar-refractivity contribution in [3.8, 4) is 0 Å². The Bertz CT molecular complexity index is 831. The molecule has 0 amide bonds. The van der Waals surface area contributed by atoms with Crippen molar-refractivity contribution in [3.63, 3.8) is 0 Å². The van der Waals surface area contributed by atoms with Crippen molar-refractivity contribution >= 4 is 11.8 Å². The molecule has 4 nitrogen and oxygen atoms in total. The largest absolute Gasteiger partial charge is 0.481 e. The number of allylic oxidation sites excluding steroid dienone is 2. The minimum absolute atomic E-state index is 0.0201. The van der Waals surface area contributed by atoms with Crippen molar-refractivity contribution in [1.82, 2.24) is 0 Å². The van der Waals surface area contributed by atoms with Crippen LogP contribution in [0, 0.1) is 51.8 Å². The molecule has 0 bridgehead atoms. The van der Waals surface area contributed by atoms with Crippen molar-refractivity contribution in [3.05, 3.63) is 11.6 Å². The van der Waals surface area contributed by atoms with Crippen molar-refractivity contribution in [2.45, 2.75) is 91.6 Å². The summed E-state index contributed by atoms with van der Waals surface area (Å²) < 4.78 is 0. The predicted octanol–water partition coefficient (Wildman–Crippen LogP) is 5.24. The lowest BCUT2D eigenvalue weighted by atomic mass is 9.38. The number of aliphatic hydroxyl groups is 1. The minimum atomic E-state index is -0.680. The highest BCUT2D eigenvalue weighted by Gasteiger charge is 2.64. The SMILES string of the molecule is CC1C(O)CCC2C1CCC1(C)C2C(=O)C=C2C3CC(C)(C(=O)O)CCC3CCC21C. The fourth-order valence-corrected chi connectivity index (χ4v) is 9.16. The molecule has 0 aromatic heterocycles. The molecule has 5 aliphatic carbocycles. The number of carbonyl (C=O) groups excluding carboxylic acids is 1. The number of carboxylic acid groups (broad SMARTS) is 1. The molecule has 10 atom stereocenters. The molecule has 0 saturated heterocycles. The first-order valence-electron chi connectivity index (χ1n) is 12.7. The third kappa shape index (κ3) is 2.82. The zero-order valence-corrected chi connectivity index (χ0v) is 19.7. The van der Waals surface area contributed by atoms with Crippen LogP contribution in [0.15, 0.2) is 11.6 Å². The lowest BCUT2D eigenvalue weighted by Gasteiger charge is -2.65. The van der Waals surface area contributed by atoms with E-state index in [0.717, 1.165) is 51.4 Å². The van der Waals surface area contributed by atoms with Gasteiger partial charge in [-0.1, -0.05) is 26.3 Å². The average molecular weight is 429 g/mol. The molecule has 172 valence electrons. The second kappa shape index (κ2) is 6.92. The molecule has 10 unspecified atom stereocenters. The Morgan fingerprint density at radius 2 is 1.71 bits per heavy atom. The van der Waals surface area contributed by atoms with E-state index < -0.39 is 11.4 Å². The van der Waals surface area contributed by atoms with Crippen molar-refractivity contribution in [2.24, 2.45) is 51.8 Å². The number of carboxylic acids is 1. The summed E-state index contributed by atoms with van der Waals surface area (Å²) in [4.78, 5) is 25.8. The van der Waals surface area contributed by atoms with Crippen LogP contribution in [-0.2, 0) is 9.59 Å². The van der Waals surface area contributed by atoms with Crippen molar-refractivity contribution in [1.29, 1.82) is 0 Å². The highest BCUT2D eigenvalue weighted by atomic mass is 16.4. The van der Waals surface area contributed by atoms with E-state index in [1.807, 2.05) is 13.0 Å². The van der Waals surface area contributed by atoms with Gasteiger partial charge in [0.25, 0.3) is 0 Å². The fourth-order valence-electron chi connectivity index (χ4n) is 9.16. The summed E-state index contributed by atoms with van der Waals surface area (Å²) in [6.07, 6.45) is 10.4. The Labute approximate surface area is 186 Å². The summed E-state index contributed by atoms with van der Waals surface area (Å²) >= 11 is 0. The van der Waals surface area contributed by atoms with E-state index >= 15 is 0 Å². The Kier molecular flexibility index (Phi) is 4.84. The first kappa shape index (κ1) is 21.7. The van der Waals surface area contributed by atoms with Crippen LogP contribution in [0.25, 0.3) is 0 Å². The molecular weight excluding hydrogens is 388 g/mol. The van der Waals surface area contributed by atoms with Crippen LogP contribution in [0.4, 0.5) is 0 Å². The van der Waals surface area contributed by atoms with Gasteiger partial charge in [-0.15, -0.1) is 0 Å². The number of fused-ring (bicyclic) bond motifs is 7. The molecule has 5 aliphatic rings. The fraction of sp³-hybridized carbons (Fsp3) is 0.852. The molecule has 0 aromatic carbocycles. The van der Waals surface area contributed by atoms with Crippen LogP contribution in [0.3, 0.4) is 0 Å². The van der Waals surface area contributed by atoms with E-state index in [2.05, 4.69) is 20.8 Å². The van der Waals surface area contributed by atoms with Crippen LogP contribution in [-0.4, -0.2) is 28.1 Å². The lowest BCUT2D eigenvalue weighted by Crippen LogP contribution is -2.61. The van der Waals surface area contributed by atoms with Crippen molar-refractivity contribution < 1.29 is 19.8 Å². The third-order valence-corrected chi connectivity index (χ3v) is 11.5. The minimum Gasteiger partial charge on any atom is -0.481 e. The molecule has 0 heterocycles. The van der Waals surface area contributed by atoms with E-state index in [-0.39, 0.29) is 34.7 Å². The molecule has 5 rings (SSSR count). The second-order valence-electron chi connectivity index (χ2n) is 12.6. The number of hydrogen-bond acceptors (Lipinski definition) is 3. The van der Waals surface area contributed by atoms with Crippen LogP contribution < -0.4 is 0 Å². The standard InChI is InChI=1S/C27H40O4/c1-15-17-9-12-27(4)23(18(17)5-6-21(15)28)22(29)13-20-19-14-25(2,24(30)31)10-7-16(19)8-11-26(20,27)3/h13,15-19,21,23,28H,5-12,14H2,1-4H3,(H,30,31). The maximum Gasteiger partial charge on any atom is 0.309 e. The first-order chi connectivity index (χ1) is 14.5. The number of carbonyl (C=O) groups is 2. The van der Waals surface area contributed by atoms with Crippen molar-refractivity contribution in [2.75, 3.05) is 0 Å². The van der Waals surface area contributed by atoms with E-state index in [0.29, 0.717) is 30.0 Å². The number of aliphatic carboxylic acids is 1. The molecule has 4 fully saturated rings. The number of rotatable bonds is 1. The summed E-state index contributed by atoms with van der Waals surface area (Å²) in [5.74, 6) is 1.55. The molecule has 31 heavy (non-hydrogen) atoms. The Morgan fingerprint density at radius 1 is 1.00 bits per heavy atom. The van der Waals surface area contributed by atoms with Gasteiger partial charge in [-0.3, -0.25) is 9.59 Å². The normalized spacial score (nSPS) is 54.0. The zero-order chi connectivity index (χ0) is 22.3. The lowest BCUT2D eigenvalue weighted by molar-refractivity contribution is -0.159. The molecule has 4 heteroatoms. The van der Waals surface area contributed by atoms with Crippen LogP contribution in [0.5, 0.6) is 0 Å². The highest BCUT2D eigenvalue weighted by Crippen LogP contribution is 2.69. The van der Waals surface area contributed by atoms with Gasteiger partial charge in [-0.25, -0.2) is 0 Å². The predicted molar refractivity (Wildman–Crippen MR) is 119 cm³/mol. The molecule has 0 radical (unpaired) electrons. The Balaban J connectivity index is 1.55. The Hall–Kier alpha value is -1.16. The Morgan fingerprint density at radius 3 is 2.42 bits per heavy atom. The summed E-state index contributed by atoms with van der Waals surface area (Å²) in [6.45, 7) is 8.88. The molecule has 4 saturated carbocycles. The molecule has 0 aliphatic heterocycles. The van der Waals surface area contributed by atoms with E-state index in [1.165, 1.54) is 5.57 Å². The topological polar surface area (TPSA) is 74.6 Å². The molecule has 2 N–H and O–H groups in total. The van der Waals surface area contributed by atoms with Gasteiger partial charge in [0, 0.05) is 5.92 Å². The van der Waals surface area contributed by atoms with Gasteiger partial charge in [-0.05, 0) is 111 Å². The van der Waals surface area contributed by atoms with Crippen LogP contribution in [0.2, 0.25) is 0 Å². The highest BCUT2D eigenvalue weighted by molar-refractivity contribution is 5.95. The van der Waals surface area contributed by atoms with Gasteiger partial charge in [0.15, 0.2) is 5.78 Å². The third-order valence-electron chi connectivity index (χ3n) is 11.5. The number of hydrogen-bond donors (Lipinski definition) is 2. The maximum absolute atomic E-state index is 13.8. The summed E-state index contributed by atoms with van der Waals surface area (Å²) in [5, 5.41) is 20.4. The van der Waals surface area contributed by atoms with Gasteiger partial charge in [-0.2, -0.15) is 0 Å². The monoisotopic (exact) mass is 428 g/mol. The van der Waals surface area contributed by atoms with Crippen LogP contribution >= 0.6 is 0 Å². The van der Waals surface area contributed by atoms with Gasteiger partial charge in [0.05, 0.1) is 11.5 Å². The molecule has 0 aromatic rings. The summed E-state index contributed by atoms with van der Waals surface area (Å²) in [7, 11) is 0. The second-order valence-corrected chi connectivity index (χ2v) is 12.6. The zero-order valence-electron chi connectivity index (χ0n) is 19.7. The van der Waals surface area contributed by atoms with Gasteiger partial charge in [0.1, 0.15) is 0 Å². The van der Waals surface area contributed by atoms with Gasteiger partial charge < -0.3 is 10.2 Å². The van der Waals surface area contributed by atoms with E-state index in [4.69, 9.17) is 0 Å². The van der Waals surface area contributed by atoms with Gasteiger partial charge >= 0.3 is 5.97 Å². The van der Waals surface area contributed by atoms with Crippen LogP contribution in [0.1, 0.15) is 85.5 Å². The summed E-state index contributed by atoms with van der Waals surface area (Å²) in [6, 6.07) is 0. The van der Waals surface area contributed by atoms with E-state index in [9.17, 15) is 19.8 Å². The molecular formula is C27H40O4. The molecule has 0 spiro atoms. The average Bonchev–Trinajstić information content (AvgIpc) is 2.72. The number of aliphatic hydroxyl groups excluding tert-OH is 1.